The molecule has 1 heterocycles. The smallest absolute Gasteiger partial charge is 0.273 e. The van der Waals surface area contributed by atoms with Crippen molar-refractivity contribution in [3.8, 4) is 5.75 Å². The number of carbonyl (C=O) groups excluding carboxylic acids is 2. The molecule has 8 heteroatoms. The SMILES string of the molecule is COc1ccccc1CNC(=O)[C@@H](NC(=O)c1nn(CC2CCCCC2)c2c(F)cccc12)C(C)(C)C. The first-order chi connectivity index (χ1) is 17.7. The monoisotopic (exact) mass is 508 g/mol. The Labute approximate surface area is 217 Å². The fourth-order valence-electron chi connectivity index (χ4n) is 5.12. The van der Waals surface area contributed by atoms with E-state index < -0.39 is 23.2 Å². The Hall–Kier alpha value is -3.42. The zero-order chi connectivity index (χ0) is 26.6. The summed E-state index contributed by atoms with van der Waals surface area (Å²) >= 11 is 0. The third-order valence-electron chi connectivity index (χ3n) is 7.14. The number of nitrogens with one attached hydrogen (secondary N) is 2. The summed E-state index contributed by atoms with van der Waals surface area (Å²) in [4.78, 5) is 26.8. The molecule has 0 bridgehead atoms. The standard InChI is InChI=1S/C29H37FN4O3/c1-29(2,3)26(28(36)31-17-20-13-8-9-16-23(20)37-4)32-27(35)24-21-14-10-15-22(30)25(21)34(33-24)18-19-11-6-5-7-12-19/h8-10,13-16,19,26H,5-7,11-12,17-18H2,1-4H3,(H,31,36)(H,32,35)/t26-/m1/s1. The van der Waals surface area contributed by atoms with Gasteiger partial charge in [-0.1, -0.05) is 70.4 Å². The molecular formula is C29H37FN4O3. The number of hydrogen-bond acceptors (Lipinski definition) is 4. The summed E-state index contributed by atoms with van der Waals surface area (Å²) in [6.07, 6.45) is 5.71. The van der Waals surface area contributed by atoms with Gasteiger partial charge < -0.3 is 15.4 Å². The fraction of sp³-hybridized carbons (Fsp3) is 0.483. The van der Waals surface area contributed by atoms with Crippen LogP contribution in [0.15, 0.2) is 42.5 Å². The summed E-state index contributed by atoms with van der Waals surface area (Å²) in [6, 6.07) is 11.3. The minimum absolute atomic E-state index is 0.136. The first-order valence-corrected chi connectivity index (χ1v) is 13.0. The first kappa shape index (κ1) is 26.6. The van der Waals surface area contributed by atoms with Gasteiger partial charge >= 0.3 is 0 Å². The molecule has 0 unspecified atom stereocenters. The van der Waals surface area contributed by atoms with E-state index in [4.69, 9.17) is 4.74 Å². The molecule has 0 spiro atoms. The van der Waals surface area contributed by atoms with Crippen molar-refractivity contribution in [3.05, 3.63) is 59.5 Å². The summed E-state index contributed by atoms with van der Waals surface area (Å²) in [5.41, 5.74) is 0.732. The second-order valence-corrected chi connectivity index (χ2v) is 11.0. The van der Waals surface area contributed by atoms with E-state index in [2.05, 4.69) is 15.7 Å². The maximum absolute atomic E-state index is 14.9. The van der Waals surface area contributed by atoms with Crippen LogP contribution in [0.4, 0.5) is 4.39 Å². The van der Waals surface area contributed by atoms with Gasteiger partial charge in [-0.05, 0) is 36.3 Å². The Bertz CT molecular complexity index is 1260. The maximum Gasteiger partial charge on any atom is 0.273 e. The van der Waals surface area contributed by atoms with Gasteiger partial charge in [0.25, 0.3) is 5.91 Å². The maximum atomic E-state index is 14.9. The lowest BCUT2D eigenvalue weighted by Gasteiger charge is -2.30. The number of benzene rings is 2. The van der Waals surface area contributed by atoms with E-state index in [0.717, 1.165) is 31.2 Å². The molecule has 0 radical (unpaired) electrons. The average molecular weight is 509 g/mol. The van der Waals surface area contributed by atoms with Crippen LogP contribution in [-0.4, -0.2) is 34.7 Å². The zero-order valence-corrected chi connectivity index (χ0v) is 22.1. The highest BCUT2D eigenvalue weighted by Crippen LogP contribution is 2.29. The quantitative estimate of drug-likeness (QED) is 0.437. The van der Waals surface area contributed by atoms with Crippen LogP contribution in [-0.2, 0) is 17.9 Å². The van der Waals surface area contributed by atoms with E-state index in [0.29, 0.717) is 29.1 Å². The molecule has 1 aromatic heterocycles. The molecule has 1 saturated carbocycles. The van der Waals surface area contributed by atoms with Gasteiger partial charge in [0, 0.05) is 24.0 Å². The van der Waals surface area contributed by atoms with E-state index in [1.54, 1.807) is 23.9 Å². The summed E-state index contributed by atoms with van der Waals surface area (Å²) in [6.45, 7) is 6.50. The number of nitrogens with zero attached hydrogens (tertiary/aromatic N) is 2. The van der Waals surface area contributed by atoms with Crippen LogP contribution >= 0.6 is 0 Å². The molecule has 2 aromatic carbocycles. The molecule has 198 valence electrons. The van der Waals surface area contributed by atoms with Gasteiger partial charge in [0.15, 0.2) is 5.69 Å². The largest absolute Gasteiger partial charge is 0.496 e. The molecule has 2 amide bonds. The van der Waals surface area contributed by atoms with E-state index in [9.17, 15) is 14.0 Å². The number of hydrogen-bond donors (Lipinski definition) is 2. The van der Waals surface area contributed by atoms with Gasteiger partial charge in [0.1, 0.15) is 23.1 Å². The molecule has 0 saturated heterocycles. The Kier molecular flexibility index (Phi) is 8.15. The van der Waals surface area contributed by atoms with Gasteiger partial charge in [-0.2, -0.15) is 5.10 Å². The highest BCUT2D eigenvalue weighted by atomic mass is 19.1. The number of aromatic nitrogens is 2. The third kappa shape index (κ3) is 6.12. The second kappa shape index (κ2) is 11.3. The molecule has 1 aliphatic rings. The van der Waals surface area contributed by atoms with E-state index >= 15 is 0 Å². The summed E-state index contributed by atoms with van der Waals surface area (Å²) in [5, 5.41) is 10.8. The number of carbonyl (C=O) groups is 2. The van der Waals surface area contributed by atoms with Gasteiger partial charge in [-0.3, -0.25) is 14.3 Å². The molecule has 0 aliphatic heterocycles. The number of para-hydroxylation sites is 2. The molecule has 3 aromatic rings. The van der Waals surface area contributed by atoms with Gasteiger partial charge in [-0.15, -0.1) is 0 Å². The van der Waals surface area contributed by atoms with Crippen LogP contribution in [0.3, 0.4) is 0 Å². The van der Waals surface area contributed by atoms with Gasteiger partial charge in [-0.25, -0.2) is 4.39 Å². The van der Waals surface area contributed by atoms with E-state index in [1.807, 2.05) is 45.0 Å². The molecule has 2 N–H and O–H groups in total. The fourth-order valence-corrected chi connectivity index (χ4v) is 5.12. The molecule has 1 aliphatic carbocycles. The van der Waals surface area contributed by atoms with Crippen LogP contribution in [0.5, 0.6) is 5.75 Å². The van der Waals surface area contributed by atoms with Crippen molar-refractivity contribution in [2.75, 3.05) is 7.11 Å². The van der Waals surface area contributed by atoms with Crippen molar-refractivity contribution in [1.82, 2.24) is 20.4 Å². The van der Waals surface area contributed by atoms with Crippen molar-refractivity contribution < 1.29 is 18.7 Å². The van der Waals surface area contributed by atoms with Crippen LogP contribution in [0.25, 0.3) is 10.9 Å². The number of fused-ring (bicyclic) bond motifs is 1. The number of ether oxygens (including phenoxy) is 1. The van der Waals surface area contributed by atoms with Crippen LogP contribution in [0, 0.1) is 17.2 Å². The number of halogens is 1. The van der Waals surface area contributed by atoms with Crippen molar-refractivity contribution in [2.24, 2.45) is 11.3 Å². The minimum atomic E-state index is -0.832. The lowest BCUT2D eigenvalue weighted by atomic mass is 9.86. The Morgan fingerprint density at radius 1 is 1.11 bits per heavy atom. The first-order valence-electron chi connectivity index (χ1n) is 13.0. The summed E-state index contributed by atoms with van der Waals surface area (Å²) in [5.74, 6) is -0.123. The second-order valence-electron chi connectivity index (χ2n) is 11.0. The van der Waals surface area contributed by atoms with E-state index in [1.165, 1.54) is 12.5 Å². The minimum Gasteiger partial charge on any atom is -0.496 e. The van der Waals surface area contributed by atoms with Crippen molar-refractivity contribution in [3.63, 3.8) is 0 Å². The lowest BCUT2D eigenvalue weighted by Crippen LogP contribution is -2.53. The third-order valence-corrected chi connectivity index (χ3v) is 7.14. The highest BCUT2D eigenvalue weighted by Gasteiger charge is 2.34. The number of rotatable bonds is 8. The Morgan fingerprint density at radius 3 is 2.54 bits per heavy atom. The van der Waals surface area contributed by atoms with Crippen molar-refractivity contribution in [2.45, 2.75) is 72.0 Å². The van der Waals surface area contributed by atoms with Crippen molar-refractivity contribution >= 4 is 22.7 Å². The summed E-state index contributed by atoms with van der Waals surface area (Å²) in [7, 11) is 1.58. The Morgan fingerprint density at radius 2 is 1.84 bits per heavy atom. The molecule has 1 fully saturated rings. The zero-order valence-electron chi connectivity index (χ0n) is 22.1. The summed E-state index contributed by atoms with van der Waals surface area (Å²) < 4.78 is 21.9. The van der Waals surface area contributed by atoms with Gasteiger partial charge in [0.05, 0.1) is 7.11 Å². The molecular weight excluding hydrogens is 471 g/mol. The van der Waals surface area contributed by atoms with Crippen LogP contribution < -0.4 is 15.4 Å². The molecule has 1 atom stereocenters. The predicted molar refractivity (Wildman–Crippen MR) is 142 cm³/mol. The predicted octanol–water partition coefficient (Wildman–Crippen LogP) is 5.23. The van der Waals surface area contributed by atoms with Gasteiger partial charge in [0.2, 0.25) is 5.91 Å². The number of amides is 2. The van der Waals surface area contributed by atoms with Crippen molar-refractivity contribution in [1.29, 1.82) is 0 Å². The molecule has 4 rings (SSSR count). The Balaban J connectivity index is 1.56. The normalized spacial score (nSPS) is 15.4. The topological polar surface area (TPSA) is 85.2 Å². The van der Waals surface area contributed by atoms with E-state index in [-0.39, 0.29) is 18.1 Å². The average Bonchev–Trinajstić information content (AvgIpc) is 3.25. The molecule has 7 nitrogen and oxygen atoms in total. The molecule has 37 heavy (non-hydrogen) atoms. The van der Waals surface area contributed by atoms with Crippen LogP contribution in [0.2, 0.25) is 0 Å². The van der Waals surface area contributed by atoms with Crippen LogP contribution in [0.1, 0.15) is 68.9 Å². The highest BCUT2D eigenvalue weighted by molar-refractivity contribution is 6.06. The number of methoxy groups -OCH3 is 1. The lowest BCUT2D eigenvalue weighted by molar-refractivity contribution is -0.125.